The summed E-state index contributed by atoms with van der Waals surface area (Å²) in [6, 6.07) is 0.613. The summed E-state index contributed by atoms with van der Waals surface area (Å²) in [4.78, 5) is 2.41. The van der Waals surface area contributed by atoms with Gasteiger partial charge in [-0.25, -0.2) is 0 Å². The maximum atomic E-state index is 6.20. The van der Waals surface area contributed by atoms with Gasteiger partial charge in [0.1, 0.15) is 0 Å². The number of rotatable bonds is 6. The van der Waals surface area contributed by atoms with Crippen molar-refractivity contribution in [1.82, 2.24) is 4.90 Å². The van der Waals surface area contributed by atoms with E-state index in [1.165, 1.54) is 5.75 Å². The van der Waals surface area contributed by atoms with Crippen LogP contribution in [-0.4, -0.2) is 42.1 Å². The van der Waals surface area contributed by atoms with E-state index < -0.39 is 0 Å². The van der Waals surface area contributed by atoms with Crippen LogP contribution in [0.2, 0.25) is 0 Å². The Kier molecular flexibility index (Phi) is 5.65. The van der Waals surface area contributed by atoms with Gasteiger partial charge in [0.2, 0.25) is 0 Å². The monoisotopic (exact) mass is 232 g/mol. The minimum absolute atomic E-state index is 0.133. The van der Waals surface area contributed by atoms with Gasteiger partial charge in [0.25, 0.3) is 0 Å². The van der Waals surface area contributed by atoms with Crippen molar-refractivity contribution >= 4 is 11.8 Å². The van der Waals surface area contributed by atoms with Crippen LogP contribution in [-0.2, 0) is 0 Å². The van der Waals surface area contributed by atoms with Crippen LogP contribution in [0.3, 0.4) is 0 Å². The first-order valence-corrected chi connectivity index (χ1v) is 6.99. The number of hydrogen-bond acceptors (Lipinski definition) is 3. The average Bonchev–Trinajstić information content (AvgIpc) is 2.01. The van der Waals surface area contributed by atoms with Gasteiger partial charge in [0, 0.05) is 23.9 Å². The predicted molar refractivity (Wildman–Crippen MR) is 72.5 cm³/mol. The van der Waals surface area contributed by atoms with E-state index in [-0.39, 0.29) is 11.0 Å². The van der Waals surface area contributed by atoms with E-state index in [0.29, 0.717) is 6.04 Å². The summed E-state index contributed by atoms with van der Waals surface area (Å²) in [5.74, 6) is 1.18. The summed E-state index contributed by atoms with van der Waals surface area (Å²) in [7, 11) is 2.19. The van der Waals surface area contributed by atoms with Crippen LogP contribution < -0.4 is 5.73 Å². The van der Waals surface area contributed by atoms with Gasteiger partial charge in [-0.05, 0) is 39.5 Å². The molecule has 1 atom stereocenters. The Balaban J connectivity index is 4.33. The van der Waals surface area contributed by atoms with Gasteiger partial charge in [-0.15, -0.1) is 0 Å². The molecule has 0 aliphatic carbocycles. The third-order valence-corrected chi connectivity index (χ3v) is 4.37. The van der Waals surface area contributed by atoms with Gasteiger partial charge in [0.15, 0.2) is 0 Å². The standard InChI is InChI=1S/C12H28N2S/c1-10(8-15-7)14(6)9-11(2,3)12(4,5)13/h10H,8-9,13H2,1-7H3. The third-order valence-electron chi connectivity index (χ3n) is 3.55. The third kappa shape index (κ3) is 4.75. The molecular formula is C12H28N2S. The zero-order chi connectivity index (χ0) is 12.3. The average molecular weight is 232 g/mol. The number of nitrogens with zero attached hydrogens (tertiary/aromatic N) is 1. The van der Waals surface area contributed by atoms with Gasteiger partial charge in [-0.2, -0.15) is 11.8 Å². The number of nitrogens with two attached hydrogens (primary N) is 1. The largest absolute Gasteiger partial charge is 0.325 e. The van der Waals surface area contributed by atoms with Gasteiger partial charge in [0.05, 0.1) is 0 Å². The maximum absolute atomic E-state index is 6.20. The molecule has 2 N–H and O–H groups in total. The van der Waals surface area contributed by atoms with Crippen LogP contribution in [0.15, 0.2) is 0 Å². The molecule has 0 aromatic heterocycles. The highest BCUT2D eigenvalue weighted by Gasteiger charge is 2.34. The molecule has 0 fully saturated rings. The molecule has 0 spiro atoms. The smallest absolute Gasteiger partial charge is 0.0161 e. The lowest BCUT2D eigenvalue weighted by Crippen LogP contribution is -2.53. The Bertz CT molecular complexity index is 185. The first-order valence-electron chi connectivity index (χ1n) is 5.60. The van der Waals surface area contributed by atoms with Crippen molar-refractivity contribution in [1.29, 1.82) is 0 Å². The Morgan fingerprint density at radius 1 is 1.27 bits per heavy atom. The van der Waals surface area contributed by atoms with Crippen molar-refractivity contribution in [2.45, 2.75) is 46.2 Å². The molecule has 3 heteroatoms. The van der Waals surface area contributed by atoms with E-state index in [2.05, 4.69) is 52.8 Å². The number of hydrogen-bond donors (Lipinski definition) is 1. The second kappa shape index (κ2) is 5.55. The fraction of sp³-hybridized carbons (Fsp3) is 1.00. The second-order valence-electron chi connectivity index (χ2n) is 5.83. The van der Waals surface area contributed by atoms with Crippen LogP contribution in [0, 0.1) is 5.41 Å². The van der Waals surface area contributed by atoms with Gasteiger partial charge >= 0.3 is 0 Å². The molecular weight excluding hydrogens is 204 g/mol. The molecule has 0 bridgehead atoms. The van der Waals surface area contributed by atoms with Crippen molar-refractivity contribution in [3.05, 3.63) is 0 Å². The molecule has 0 radical (unpaired) electrons. The van der Waals surface area contributed by atoms with Crippen molar-refractivity contribution in [2.24, 2.45) is 11.1 Å². The molecule has 0 heterocycles. The summed E-state index contributed by atoms with van der Waals surface area (Å²) in [6.07, 6.45) is 2.16. The summed E-state index contributed by atoms with van der Waals surface area (Å²) >= 11 is 1.90. The highest BCUT2D eigenvalue weighted by atomic mass is 32.2. The highest BCUT2D eigenvalue weighted by molar-refractivity contribution is 7.98. The molecule has 0 aliphatic rings. The Morgan fingerprint density at radius 2 is 1.73 bits per heavy atom. The zero-order valence-electron chi connectivity index (χ0n) is 11.4. The summed E-state index contributed by atoms with van der Waals surface area (Å²) in [5, 5.41) is 0. The minimum atomic E-state index is -0.139. The summed E-state index contributed by atoms with van der Waals surface area (Å²) in [6.45, 7) is 12.0. The van der Waals surface area contributed by atoms with E-state index in [1.807, 2.05) is 11.8 Å². The van der Waals surface area contributed by atoms with Crippen LogP contribution in [0.5, 0.6) is 0 Å². The van der Waals surface area contributed by atoms with E-state index in [0.717, 1.165) is 6.54 Å². The quantitative estimate of drug-likeness (QED) is 0.763. The van der Waals surface area contributed by atoms with Crippen LogP contribution >= 0.6 is 11.8 Å². The fourth-order valence-electron chi connectivity index (χ4n) is 1.35. The Labute approximate surface area is 100.0 Å². The lowest BCUT2D eigenvalue weighted by molar-refractivity contribution is 0.114. The zero-order valence-corrected chi connectivity index (χ0v) is 12.2. The lowest BCUT2D eigenvalue weighted by Gasteiger charge is -2.42. The van der Waals surface area contributed by atoms with E-state index in [1.54, 1.807) is 0 Å². The summed E-state index contributed by atoms with van der Waals surface area (Å²) in [5.41, 5.74) is 6.20. The van der Waals surface area contributed by atoms with Crippen LogP contribution in [0.25, 0.3) is 0 Å². The molecule has 0 amide bonds. The van der Waals surface area contributed by atoms with E-state index in [4.69, 9.17) is 5.73 Å². The van der Waals surface area contributed by atoms with Crippen molar-refractivity contribution in [2.75, 3.05) is 25.6 Å². The molecule has 0 aromatic rings. The lowest BCUT2D eigenvalue weighted by atomic mass is 9.75. The molecule has 1 unspecified atom stereocenters. The molecule has 92 valence electrons. The topological polar surface area (TPSA) is 29.3 Å². The normalized spacial score (nSPS) is 15.8. The van der Waals surface area contributed by atoms with Crippen molar-refractivity contribution in [3.63, 3.8) is 0 Å². The summed E-state index contributed by atoms with van der Waals surface area (Å²) < 4.78 is 0. The van der Waals surface area contributed by atoms with Gasteiger partial charge < -0.3 is 10.6 Å². The van der Waals surface area contributed by atoms with Crippen molar-refractivity contribution < 1.29 is 0 Å². The van der Waals surface area contributed by atoms with Crippen LogP contribution in [0.1, 0.15) is 34.6 Å². The molecule has 0 rings (SSSR count). The highest BCUT2D eigenvalue weighted by Crippen LogP contribution is 2.29. The van der Waals surface area contributed by atoms with Crippen LogP contribution in [0.4, 0.5) is 0 Å². The number of thioether (sulfide) groups is 1. The molecule has 0 aliphatic heterocycles. The second-order valence-corrected chi connectivity index (χ2v) is 6.74. The van der Waals surface area contributed by atoms with Gasteiger partial charge in [-0.1, -0.05) is 13.8 Å². The molecule has 0 aromatic carbocycles. The SMILES string of the molecule is CSCC(C)N(C)CC(C)(C)C(C)(C)N. The first kappa shape index (κ1) is 15.3. The molecule has 15 heavy (non-hydrogen) atoms. The first-order chi connectivity index (χ1) is 6.62. The molecule has 2 nitrogen and oxygen atoms in total. The predicted octanol–water partition coefficient (Wildman–Crippen LogP) is 2.43. The van der Waals surface area contributed by atoms with Gasteiger partial charge in [-0.3, -0.25) is 0 Å². The minimum Gasteiger partial charge on any atom is -0.325 e. The van der Waals surface area contributed by atoms with E-state index in [9.17, 15) is 0 Å². The van der Waals surface area contributed by atoms with Crippen molar-refractivity contribution in [3.8, 4) is 0 Å². The molecule has 0 saturated carbocycles. The van der Waals surface area contributed by atoms with E-state index >= 15 is 0 Å². The molecule has 0 saturated heterocycles. The fourth-order valence-corrected chi connectivity index (χ4v) is 2.09. The Hall–Kier alpha value is 0.270. The maximum Gasteiger partial charge on any atom is 0.0161 e. The Morgan fingerprint density at radius 3 is 2.07 bits per heavy atom.